The molecule has 0 saturated carbocycles. The van der Waals surface area contributed by atoms with E-state index < -0.39 is 28.7 Å². The van der Waals surface area contributed by atoms with Crippen molar-refractivity contribution in [3.8, 4) is 22.5 Å². The maximum Gasteiger partial charge on any atom is 2.00 e. The predicted molar refractivity (Wildman–Crippen MR) is 230 cm³/mol. The van der Waals surface area contributed by atoms with E-state index in [1.54, 1.807) is 0 Å². The van der Waals surface area contributed by atoms with Gasteiger partial charge in [0.2, 0.25) is 0 Å². The summed E-state index contributed by atoms with van der Waals surface area (Å²) in [5.74, 6) is -2.97. The van der Waals surface area contributed by atoms with Gasteiger partial charge in [-0.15, -0.1) is 24.3 Å². The van der Waals surface area contributed by atoms with Gasteiger partial charge >= 0.3 is 21.1 Å². The molecular formula is C53H34F4N4Pt. The standard InChI is InChI=1S/C53H34F4N4.Pt/c1-53(2,51-39-25-31-13-5-9-17-45(31)60-43-15-7-3-11-29(43)23-37(49(39)60)47(58-51)35-21-19-33(54)27-41(35)56)52-40-26-32-14-6-10-18-46(32)61-44-16-8-4-12-30(44)24-38(50(40)61)48(59-52)36-22-20-34(55)28-42(36)57;/h3-20,27-28H,23-26H2,1-2H3;/q-2;+2. The Labute approximate surface area is 370 Å². The Morgan fingerprint density at radius 1 is 0.484 bits per heavy atom. The molecule has 0 spiro atoms. The van der Waals surface area contributed by atoms with Gasteiger partial charge in [-0.05, 0) is 95.7 Å². The van der Waals surface area contributed by atoms with Crippen LogP contribution in [0.25, 0.3) is 22.5 Å². The largest absolute Gasteiger partial charge is 2.00 e. The number of pyridine rings is 2. The number of halogens is 4. The molecule has 0 N–H and O–H groups in total. The minimum Gasteiger partial charge on any atom is -0.310 e. The van der Waals surface area contributed by atoms with E-state index in [2.05, 4.69) is 84.3 Å². The Hall–Kier alpha value is -6.37. The van der Waals surface area contributed by atoms with Crippen LogP contribution in [0.4, 0.5) is 51.7 Å². The van der Waals surface area contributed by atoms with Crippen LogP contribution in [0.5, 0.6) is 0 Å². The van der Waals surface area contributed by atoms with Crippen LogP contribution in [0, 0.1) is 35.4 Å². The summed E-state index contributed by atoms with van der Waals surface area (Å²) >= 11 is 0. The number of anilines is 6. The molecule has 62 heavy (non-hydrogen) atoms. The first-order valence-electron chi connectivity index (χ1n) is 20.4. The second-order valence-corrected chi connectivity index (χ2v) is 16.8. The number of aromatic nitrogens is 2. The Balaban J connectivity index is 0.00000432. The third-order valence-corrected chi connectivity index (χ3v) is 13.0. The van der Waals surface area contributed by atoms with Crippen LogP contribution in [0.3, 0.4) is 0 Å². The molecule has 8 aromatic rings. The summed E-state index contributed by atoms with van der Waals surface area (Å²) in [5.41, 5.74) is 15.0. The number of hydrogen-bond donors (Lipinski definition) is 0. The Bertz CT molecular complexity index is 2980. The minimum atomic E-state index is -1.02. The zero-order valence-corrected chi connectivity index (χ0v) is 35.8. The van der Waals surface area contributed by atoms with Crippen LogP contribution >= 0.6 is 0 Å². The maximum atomic E-state index is 16.2. The molecule has 0 aliphatic carbocycles. The first-order valence-corrected chi connectivity index (χ1v) is 20.4. The van der Waals surface area contributed by atoms with Crippen LogP contribution in [0.15, 0.2) is 121 Å². The van der Waals surface area contributed by atoms with Gasteiger partial charge in [-0.2, -0.15) is 0 Å². The van der Waals surface area contributed by atoms with Crippen LogP contribution in [-0.4, -0.2) is 9.97 Å². The molecule has 4 aliphatic rings. The van der Waals surface area contributed by atoms with Crippen molar-refractivity contribution in [1.82, 2.24) is 9.97 Å². The average Bonchev–Trinajstić information content (AvgIpc) is 3.26. The van der Waals surface area contributed by atoms with E-state index in [1.807, 2.05) is 48.5 Å². The smallest absolute Gasteiger partial charge is 0.310 e. The van der Waals surface area contributed by atoms with E-state index in [1.165, 1.54) is 0 Å². The molecule has 9 heteroatoms. The number of fused-ring (bicyclic) bond motifs is 8. The number of hydrogen-bond acceptors (Lipinski definition) is 4. The molecular weight excluding hydrogens is 964 g/mol. The number of benzene rings is 6. The van der Waals surface area contributed by atoms with Crippen LogP contribution in [-0.2, 0) is 52.2 Å². The van der Waals surface area contributed by atoms with Crippen molar-refractivity contribution in [2.24, 2.45) is 0 Å². The van der Waals surface area contributed by atoms with Crippen LogP contribution in [0.2, 0.25) is 0 Å². The van der Waals surface area contributed by atoms with Gasteiger partial charge < -0.3 is 9.80 Å². The van der Waals surface area contributed by atoms with Gasteiger partial charge in [0.25, 0.3) is 0 Å². The van der Waals surface area contributed by atoms with E-state index in [0.717, 1.165) is 103 Å². The SMILES string of the molecule is CC(C)(c1nc(-c2[c-]cc(F)cc2F)c2c3c1Cc1ccccc1N3c1ccccc1C2)c1nc(-c2[c-]cc(F)cc2F)c2c3c1Cc1ccccc1N3c1ccccc1C2.[Pt+2]. The number of rotatable bonds is 4. The Morgan fingerprint density at radius 3 is 1.15 bits per heavy atom. The van der Waals surface area contributed by atoms with E-state index in [4.69, 9.17) is 9.97 Å². The summed E-state index contributed by atoms with van der Waals surface area (Å²) in [4.78, 5) is 15.6. The molecule has 0 fully saturated rings. The molecule has 4 aliphatic heterocycles. The normalized spacial score (nSPS) is 13.8. The maximum absolute atomic E-state index is 16.2. The monoisotopic (exact) mass is 997 g/mol. The Kier molecular flexibility index (Phi) is 8.75. The van der Waals surface area contributed by atoms with Crippen molar-refractivity contribution in [2.75, 3.05) is 9.80 Å². The second-order valence-electron chi connectivity index (χ2n) is 16.8. The van der Waals surface area contributed by atoms with E-state index in [9.17, 15) is 8.78 Å². The quantitative estimate of drug-likeness (QED) is 0.130. The molecule has 4 nitrogen and oxygen atoms in total. The number of nitrogens with zero attached hydrogens (tertiary/aromatic N) is 4. The molecule has 12 rings (SSSR count). The topological polar surface area (TPSA) is 32.3 Å². The molecule has 0 radical (unpaired) electrons. The van der Waals surface area contributed by atoms with E-state index in [-0.39, 0.29) is 32.2 Å². The van der Waals surface area contributed by atoms with Gasteiger partial charge in [-0.3, -0.25) is 27.5 Å². The second kappa shape index (κ2) is 14.1. The third kappa shape index (κ3) is 5.55. The summed E-state index contributed by atoms with van der Waals surface area (Å²) in [5, 5.41) is 0. The fourth-order valence-corrected chi connectivity index (χ4v) is 10.3. The van der Waals surface area contributed by atoms with Crippen LogP contribution < -0.4 is 9.80 Å². The summed E-state index contributed by atoms with van der Waals surface area (Å²) in [6.45, 7) is 4.16. The van der Waals surface area contributed by atoms with Crippen molar-refractivity contribution < 1.29 is 38.6 Å². The van der Waals surface area contributed by atoms with Crippen molar-refractivity contribution in [2.45, 2.75) is 44.9 Å². The van der Waals surface area contributed by atoms with Gasteiger partial charge in [-0.1, -0.05) is 96.1 Å². The van der Waals surface area contributed by atoms with Gasteiger partial charge in [0, 0.05) is 98.2 Å². The Morgan fingerprint density at radius 2 is 0.806 bits per heavy atom. The van der Waals surface area contributed by atoms with Crippen molar-refractivity contribution in [3.05, 3.63) is 213 Å². The first-order chi connectivity index (χ1) is 29.7. The predicted octanol–water partition coefficient (Wildman–Crippen LogP) is 12.8. The average molecular weight is 998 g/mol. The molecule has 6 heterocycles. The van der Waals surface area contributed by atoms with Crippen molar-refractivity contribution in [1.29, 1.82) is 0 Å². The van der Waals surface area contributed by atoms with Gasteiger partial charge in [0.15, 0.2) is 0 Å². The van der Waals surface area contributed by atoms with Crippen LogP contribution in [0.1, 0.15) is 69.7 Å². The fraction of sp³-hybridized carbons (Fsp3) is 0.132. The van der Waals surface area contributed by atoms with Gasteiger partial charge in [-0.25, -0.2) is 0 Å². The molecule has 304 valence electrons. The molecule has 6 aromatic carbocycles. The summed E-state index contributed by atoms with van der Waals surface area (Å²) < 4.78 is 61.5. The third-order valence-electron chi connectivity index (χ3n) is 13.0. The minimum absolute atomic E-state index is 0. The zero-order valence-electron chi connectivity index (χ0n) is 33.5. The molecule has 0 atom stereocenters. The molecule has 0 saturated heterocycles. The summed E-state index contributed by atoms with van der Waals surface area (Å²) in [7, 11) is 0. The molecule has 0 amide bonds. The number of para-hydroxylation sites is 4. The van der Waals surface area contributed by atoms with Crippen molar-refractivity contribution in [3.63, 3.8) is 0 Å². The van der Waals surface area contributed by atoms with Crippen molar-refractivity contribution >= 4 is 34.1 Å². The first kappa shape index (κ1) is 38.5. The molecule has 0 bridgehead atoms. The molecule has 2 aromatic heterocycles. The van der Waals surface area contributed by atoms with E-state index >= 15 is 8.78 Å². The van der Waals surface area contributed by atoms with E-state index in [0.29, 0.717) is 48.5 Å². The van der Waals surface area contributed by atoms with Gasteiger partial charge in [0.1, 0.15) is 0 Å². The summed E-state index contributed by atoms with van der Waals surface area (Å²) in [6, 6.07) is 42.9. The summed E-state index contributed by atoms with van der Waals surface area (Å²) in [6.07, 6.45) is 2.02. The zero-order chi connectivity index (χ0) is 41.3. The molecule has 0 unspecified atom stereocenters. The fourth-order valence-electron chi connectivity index (χ4n) is 10.3. The van der Waals surface area contributed by atoms with Gasteiger partial charge in [0.05, 0.1) is 0 Å².